The zero-order chi connectivity index (χ0) is 10.9. The van der Waals surface area contributed by atoms with E-state index in [0.717, 1.165) is 0 Å². The molecule has 1 aliphatic rings. The second-order valence-corrected chi connectivity index (χ2v) is 4.78. The Morgan fingerprint density at radius 2 is 2.14 bits per heavy atom. The number of carbonyl (C=O) groups is 1. The molecule has 2 atom stereocenters. The van der Waals surface area contributed by atoms with E-state index in [2.05, 4.69) is 0 Å². The summed E-state index contributed by atoms with van der Waals surface area (Å²) in [5, 5.41) is 9.70. The molecule has 0 aliphatic carbocycles. The molecule has 1 amide bonds. The standard InChI is InChI=1S/C10H20N2O2/c1-7(2)8(11)9(13)12-5-4-10(3,14)6-12/h7-8,14H,4-6,11H2,1-3H3. The maximum atomic E-state index is 11.8. The fourth-order valence-electron chi connectivity index (χ4n) is 1.63. The molecule has 1 rings (SSSR count). The fourth-order valence-corrected chi connectivity index (χ4v) is 1.63. The molecule has 0 aromatic rings. The van der Waals surface area contributed by atoms with E-state index in [-0.39, 0.29) is 11.8 Å². The van der Waals surface area contributed by atoms with Crippen LogP contribution in [0.3, 0.4) is 0 Å². The maximum absolute atomic E-state index is 11.8. The number of β-amino-alcohol motifs (C(OH)–C–C–N with tert-alkyl or cyclic N) is 1. The van der Waals surface area contributed by atoms with Gasteiger partial charge in [-0.2, -0.15) is 0 Å². The van der Waals surface area contributed by atoms with E-state index in [1.54, 1.807) is 11.8 Å². The Morgan fingerprint density at radius 1 is 1.57 bits per heavy atom. The van der Waals surface area contributed by atoms with Gasteiger partial charge in [-0.25, -0.2) is 0 Å². The van der Waals surface area contributed by atoms with Crippen molar-refractivity contribution in [3.63, 3.8) is 0 Å². The number of nitrogens with two attached hydrogens (primary N) is 1. The van der Waals surface area contributed by atoms with Crippen LogP contribution < -0.4 is 5.73 Å². The highest BCUT2D eigenvalue weighted by atomic mass is 16.3. The van der Waals surface area contributed by atoms with Gasteiger partial charge in [0.25, 0.3) is 0 Å². The average Bonchev–Trinajstić information content (AvgIpc) is 2.43. The zero-order valence-electron chi connectivity index (χ0n) is 9.16. The van der Waals surface area contributed by atoms with Crippen LogP contribution in [0.2, 0.25) is 0 Å². The summed E-state index contributed by atoms with van der Waals surface area (Å²) in [6.07, 6.45) is 0.642. The maximum Gasteiger partial charge on any atom is 0.239 e. The number of nitrogens with zero attached hydrogens (tertiary/aromatic N) is 1. The van der Waals surface area contributed by atoms with Crippen molar-refractivity contribution in [1.29, 1.82) is 0 Å². The van der Waals surface area contributed by atoms with Gasteiger partial charge in [0, 0.05) is 13.1 Å². The summed E-state index contributed by atoms with van der Waals surface area (Å²) in [7, 11) is 0. The smallest absolute Gasteiger partial charge is 0.239 e. The topological polar surface area (TPSA) is 66.6 Å². The predicted molar refractivity (Wildman–Crippen MR) is 54.6 cm³/mol. The minimum Gasteiger partial charge on any atom is -0.388 e. The third-order valence-corrected chi connectivity index (χ3v) is 2.77. The minimum absolute atomic E-state index is 0.0437. The van der Waals surface area contributed by atoms with Gasteiger partial charge in [0.15, 0.2) is 0 Å². The molecule has 0 aromatic heterocycles. The Labute approximate surface area is 85.1 Å². The lowest BCUT2D eigenvalue weighted by Gasteiger charge is -2.24. The van der Waals surface area contributed by atoms with Gasteiger partial charge in [-0.3, -0.25) is 4.79 Å². The molecule has 0 radical (unpaired) electrons. The van der Waals surface area contributed by atoms with Gasteiger partial charge in [0.2, 0.25) is 5.91 Å². The molecule has 0 spiro atoms. The van der Waals surface area contributed by atoms with Gasteiger partial charge in [0.1, 0.15) is 0 Å². The molecule has 0 bridgehead atoms. The lowest BCUT2D eigenvalue weighted by atomic mass is 10.0. The largest absolute Gasteiger partial charge is 0.388 e. The fraction of sp³-hybridized carbons (Fsp3) is 0.900. The monoisotopic (exact) mass is 200 g/mol. The second kappa shape index (κ2) is 3.87. The first-order valence-electron chi connectivity index (χ1n) is 5.10. The van der Waals surface area contributed by atoms with Gasteiger partial charge in [0.05, 0.1) is 11.6 Å². The molecule has 0 aromatic carbocycles. The number of rotatable bonds is 2. The van der Waals surface area contributed by atoms with Gasteiger partial charge < -0.3 is 15.7 Å². The highest BCUT2D eigenvalue weighted by molar-refractivity contribution is 5.82. The number of hydrogen-bond donors (Lipinski definition) is 2. The Hall–Kier alpha value is -0.610. The molecule has 4 nitrogen and oxygen atoms in total. The number of hydrogen-bond acceptors (Lipinski definition) is 3. The number of likely N-dealkylation sites (tertiary alicyclic amines) is 1. The van der Waals surface area contributed by atoms with E-state index in [1.807, 2.05) is 13.8 Å². The summed E-state index contributed by atoms with van der Waals surface area (Å²) >= 11 is 0. The van der Waals surface area contributed by atoms with Crippen molar-refractivity contribution in [3.05, 3.63) is 0 Å². The molecule has 0 saturated carbocycles. The van der Waals surface area contributed by atoms with Crippen molar-refractivity contribution >= 4 is 5.91 Å². The number of amides is 1. The molecule has 4 heteroatoms. The number of carbonyl (C=O) groups excluding carboxylic acids is 1. The molecular weight excluding hydrogens is 180 g/mol. The Kier molecular flexibility index (Phi) is 3.17. The summed E-state index contributed by atoms with van der Waals surface area (Å²) < 4.78 is 0. The molecule has 2 unspecified atom stereocenters. The van der Waals surface area contributed by atoms with Crippen LogP contribution in [-0.2, 0) is 4.79 Å². The van der Waals surface area contributed by atoms with E-state index in [4.69, 9.17) is 5.73 Å². The molecule has 82 valence electrons. The lowest BCUT2D eigenvalue weighted by Crippen LogP contribution is -2.46. The molecule has 1 saturated heterocycles. The predicted octanol–water partition coefficient (Wildman–Crippen LogP) is -0.0470. The molecular formula is C10H20N2O2. The SMILES string of the molecule is CC(C)C(N)C(=O)N1CCC(C)(O)C1. The minimum atomic E-state index is -0.730. The second-order valence-electron chi connectivity index (χ2n) is 4.78. The molecule has 1 aliphatic heterocycles. The van der Waals surface area contributed by atoms with Gasteiger partial charge in [-0.05, 0) is 19.3 Å². The molecule has 1 heterocycles. The van der Waals surface area contributed by atoms with Gasteiger partial charge >= 0.3 is 0 Å². The van der Waals surface area contributed by atoms with Crippen LogP contribution in [0.25, 0.3) is 0 Å². The Morgan fingerprint density at radius 3 is 2.50 bits per heavy atom. The van der Waals surface area contributed by atoms with Crippen LogP contribution in [0.4, 0.5) is 0 Å². The quantitative estimate of drug-likeness (QED) is 0.657. The molecule has 1 fully saturated rings. The van der Waals surface area contributed by atoms with Crippen molar-refractivity contribution in [2.24, 2.45) is 11.7 Å². The normalized spacial score (nSPS) is 29.7. The molecule has 14 heavy (non-hydrogen) atoms. The van der Waals surface area contributed by atoms with Gasteiger partial charge in [-0.15, -0.1) is 0 Å². The third kappa shape index (κ3) is 2.45. The molecule has 3 N–H and O–H groups in total. The van der Waals surface area contributed by atoms with Crippen molar-refractivity contribution in [2.45, 2.75) is 38.8 Å². The summed E-state index contributed by atoms with van der Waals surface area (Å²) in [5.74, 6) is 0.103. The zero-order valence-corrected chi connectivity index (χ0v) is 9.16. The van der Waals surface area contributed by atoms with E-state index >= 15 is 0 Å². The Bertz CT molecular complexity index is 226. The van der Waals surface area contributed by atoms with E-state index < -0.39 is 11.6 Å². The third-order valence-electron chi connectivity index (χ3n) is 2.77. The van der Waals surface area contributed by atoms with Crippen LogP contribution in [0.15, 0.2) is 0 Å². The lowest BCUT2D eigenvalue weighted by molar-refractivity contribution is -0.133. The van der Waals surface area contributed by atoms with E-state index in [1.165, 1.54) is 0 Å². The highest BCUT2D eigenvalue weighted by Gasteiger charge is 2.36. The first kappa shape index (κ1) is 11.5. The van der Waals surface area contributed by atoms with Crippen LogP contribution in [0.5, 0.6) is 0 Å². The van der Waals surface area contributed by atoms with Crippen molar-refractivity contribution in [3.8, 4) is 0 Å². The van der Waals surface area contributed by atoms with Gasteiger partial charge in [-0.1, -0.05) is 13.8 Å². The average molecular weight is 200 g/mol. The van der Waals surface area contributed by atoms with Crippen molar-refractivity contribution < 1.29 is 9.90 Å². The first-order valence-corrected chi connectivity index (χ1v) is 5.10. The number of aliphatic hydroxyl groups is 1. The summed E-state index contributed by atoms with van der Waals surface area (Å²) in [4.78, 5) is 13.4. The highest BCUT2D eigenvalue weighted by Crippen LogP contribution is 2.21. The summed E-state index contributed by atoms with van der Waals surface area (Å²) in [5.41, 5.74) is 5.03. The first-order chi connectivity index (χ1) is 6.33. The summed E-state index contributed by atoms with van der Waals surface area (Å²) in [6, 6.07) is -0.441. The van der Waals surface area contributed by atoms with Crippen LogP contribution in [0, 0.1) is 5.92 Å². The van der Waals surface area contributed by atoms with E-state index in [9.17, 15) is 9.90 Å². The van der Waals surface area contributed by atoms with Crippen LogP contribution in [-0.4, -0.2) is 40.6 Å². The van der Waals surface area contributed by atoms with Crippen LogP contribution >= 0.6 is 0 Å². The van der Waals surface area contributed by atoms with Crippen molar-refractivity contribution in [2.75, 3.05) is 13.1 Å². The summed E-state index contributed by atoms with van der Waals surface area (Å²) in [6.45, 7) is 6.63. The Balaban J connectivity index is 2.56. The van der Waals surface area contributed by atoms with Crippen molar-refractivity contribution in [1.82, 2.24) is 4.90 Å². The van der Waals surface area contributed by atoms with Crippen LogP contribution in [0.1, 0.15) is 27.2 Å². The van der Waals surface area contributed by atoms with E-state index in [0.29, 0.717) is 19.5 Å².